The van der Waals surface area contributed by atoms with Crippen molar-refractivity contribution in [1.82, 2.24) is 0 Å². The molecule has 0 unspecified atom stereocenters. The van der Waals surface area contributed by atoms with Gasteiger partial charge in [0.2, 0.25) is 0 Å². The number of nitro benzene ring substituents is 1. The van der Waals surface area contributed by atoms with Crippen molar-refractivity contribution in [2.75, 3.05) is 11.9 Å². The highest BCUT2D eigenvalue weighted by atomic mass is 19.1. The molecule has 21 heavy (non-hydrogen) atoms. The number of carbonyl (C=O) groups excluding carboxylic acids is 1. The summed E-state index contributed by atoms with van der Waals surface area (Å²) in [6, 6.07) is 10.8. The number of hydrogen-bond donors (Lipinski definition) is 1. The summed E-state index contributed by atoms with van der Waals surface area (Å²) in [5, 5.41) is 12.9. The second kappa shape index (κ2) is 6.47. The summed E-state index contributed by atoms with van der Waals surface area (Å²) in [5.41, 5.74) is 0.263. The maximum atomic E-state index is 12.9. The van der Waals surface area contributed by atoms with Crippen LogP contribution in [0.25, 0.3) is 0 Å². The molecule has 0 aliphatic carbocycles. The molecule has 0 spiro atoms. The molecule has 0 atom stereocenters. The molecule has 0 aromatic heterocycles. The van der Waals surface area contributed by atoms with Crippen LogP contribution in [0.1, 0.15) is 0 Å². The van der Waals surface area contributed by atoms with Crippen LogP contribution in [-0.2, 0) is 4.79 Å². The maximum Gasteiger partial charge on any atom is 0.269 e. The van der Waals surface area contributed by atoms with E-state index >= 15 is 0 Å². The Morgan fingerprint density at radius 3 is 2.57 bits per heavy atom. The smallest absolute Gasteiger partial charge is 0.269 e. The predicted octanol–water partition coefficient (Wildman–Crippen LogP) is 2.75. The van der Waals surface area contributed by atoms with Gasteiger partial charge >= 0.3 is 0 Å². The molecule has 2 aromatic rings. The van der Waals surface area contributed by atoms with E-state index in [0.717, 1.165) is 0 Å². The molecule has 0 aliphatic heterocycles. The van der Waals surface area contributed by atoms with Crippen molar-refractivity contribution < 1.29 is 18.8 Å². The molecule has 0 heterocycles. The standard InChI is InChI=1S/C14H11FN2O4/c15-10-2-1-3-11(8-10)16-14(18)9-21-13-6-4-12(5-7-13)17(19)20/h1-8H,9H2,(H,16,18). The van der Waals surface area contributed by atoms with Crippen LogP contribution in [0.15, 0.2) is 48.5 Å². The normalized spacial score (nSPS) is 9.95. The topological polar surface area (TPSA) is 81.5 Å². The van der Waals surface area contributed by atoms with E-state index in [1.54, 1.807) is 6.07 Å². The molecule has 0 radical (unpaired) electrons. The fourth-order valence-corrected chi connectivity index (χ4v) is 1.58. The van der Waals surface area contributed by atoms with Crippen LogP contribution in [0.4, 0.5) is 15.8 Å². The largest absolute Gasteiger partial charge is 0.484 e. The number of nitrogens with one attached hydrogen (secondary N) is 1. The van der Waals surface area contributed by atoms with Gasteiger partial charge < -0.3 is 10.1 Å². The average Bonchev–Trinajstić information content (AvgIpc) is 2.45. The Kier molecular flexibility index (Phi) is 4.45. The lowest BCUT2D eigenvalue weighted by molar-refractivity contribution is -0.384. The summed E-state index contributed by atoms with van der Waals surface area (Å²) in [6.07, 6.45) is 0. The molecule has 2 rings (SSSR count). The number of nitrogens with zero attached hydrogens (tertiary/aromatic N) is 1. The summed E-state index contributed by atoms with van der Waals surface area (Å²) < 4.78 is 18.1. The van der Waals surface area contributed by atoms with E-state index in [1.165, 1.54) is 42.5 Å². The Balaban J connectivity index is 1.87. The number of carbonyl (C=O) groups is 1. The first-order chi connectivity index (χ1) is 10.0. The third-order valence-corrected chi connectivity index (χ3v) is 2.53. The molecular formula is C14H11FN2O4. The maximum absolute atomic E-state index is 12.9. The highest BCUT2D eigenvalue weighted by Crippen LogP contribution is 2.17. The lowest BCUT2D eigenvalue weighted by Gasteiger charge is -2.07. The third-order valence-electron chi connectivity index (χ3n) is 2.53. The number of ether oxygens (including phenoxy) is 1. The molecule has 0 saturated carbocycles. The minimum atomic E-state index is -0.527. The van der Waals surface area contributed by atoms with Gasteiger partial charge in [-0.05, 0) is 30.3 Å². The molecule has 0 aliphatic rings. The van der Waals surface area contributed by atoms with E-state index in [1.807, 2.05) is 0 Å². The molecule has 0 fully saturated rings. The van der Waals surface area contributed by atoms with Crippen LogP contribution >= 0.6 is 0 Å². The lowest BCUT2D eigenvalue weighted by Crippen LogP contribution is -2.20. The molecule has 0 bridgehead atoms. The number of non-ortho nitro benzene ring substituents is 1. The Morgan fingerprint density at radius 2 is 1.95 bits per heavy atom. The molecule has 1 amide bonds. The lowest BCUT2D eigenvalue weighted by atomic mass is 10.3. The Bertz CT molecular complexity index is 658. The van der Waals surface area contributed by atoms with Gasteiger partial charge in [-0.3, -0.25) is 14.9 Å². The average molecular weight is 290 g/mol. The van der Waals surface area contributed by atoms with Crippen molar-refractivity contribution in [3.8, 4) is 5.75 Å². The van der Waals surface area contributed by atoms with Crippen LogP contribution in [-0.4, -0.2) is 17.4 Å². The van der Waals surface area contributed by atoms with Crippen molar-refractivity contribution in [3.63, 3.8) is 0 Å². The van der Waals surface area contributed by atoms with Gasteiger partial charge in [0.1, 0.15) is 11.6 Å². The zero-order valence-corrected chi connectivity index (χ0v) is 10.8. The van der Waals surface area contributed by atoms with E-state index in [0.29, 0.717) is 11.4 Å². The number of amides is 1. The minimum absolute atomic E-state index is 0.0634. The monoisotopic (exact) mass is 290 g/mol. The zero-order valence-electron chi connectivity index (χ0n) is 10.8. The first-order valence-corrected chi connectivity index (χ1v) is 5.97. The Labute approximate surface area is 119 Å². The number of nitro groups is 1. The van der Waals surface area contributed by atoms with Crippen LogP contribution in [0, 0.1) is 15.9 Å². The highest BCUT2D eigenvalue weighted by molar-refractivity contribution is 5.91. The predicted molar refractivity (Wildman–Crippen MR) is 73.6 cm³/mol. The fourth-order valence-electron chi connectivity index (χ4n) is 1.58. The molecule has 108 valence electrons. The SMILES string of the molecule is O=C(COc1ccc([N+](=O)[O-])cc1)Nc1cccc(F)c1. The first-order valence-electron chi connectivity index (χ1n) is 5.97. The van der Waals surface area contributed by atoms with Crippen molar-refractivity contribution in [1.29, 1.82) is 0 Å². The van der Waals surface area contributed by atoms with Gasteiger partial charge in [0.15, 0.2) is 6.61 Å². The van der Waals surface area contributed by atoms with Crippen molar-refractivity contribution in [3.05, 3.63) is 64.5 Å². The van der Waals surface area contributed by atoms with Gasteiger partial charge in [-0.25, -0.2) is 4.39 Å². The number of anilines is 1. The first kappa shape index (κ1) is 14.4. The van der Waals surface area contributed by atoms with Crippen molar-refractivity contribution >= 4 is 17.3 Å². The molecule has 6 nitrogen and oxygen atoms in total. The van der Waals surface area contributed by atoms with Gasteiger partial charge in [0.25, 0.3) is 11.6 Å². The number of rotatable bonds is 5. The summed E-state index contributed by atoms with van der Waals surface area (Å²) >= 11 is 0. The number of benzene rings is 2. The van der Waals surface area contributed by atoms with Gasteiger partial charge in [0.05, 0.1) is 4.92 Å². The molecule has 7 heteroatoms. The van der Waals surface area contributed by atoms with Gasteiger partial charge in [-0.1, -0.05) is 6.07 Å². The van der Waals surface area contributed by atoms with Gasteiger partial charge in [-0.15, -0.1) is 0 Å². The molecular weight excluding hydrogens is 279 g/mol. The quantitative estimate of drug-likeness (QED) is 0.678. The second-order valence-corrected chi connectivity index (χ2v) is 4.10. The molecule has 1 N–H and O–H groups in total. The van der Waals surface area contributed by atoms with E-state index in [4.69, 9.17) is 4.74 Å². The molecule has 0 saturated heterocycles. The van der Waals surface area contributed by atoms with Crippen LogP contribution in [0.3, 0.4) is 0 Å². The van der Waals surface area contributed by atoms with Crippen LogP contribution < -0.4 is 10.1 Å². The van der Waals surface area contributed by atoms with Gasteiger partial charge in [0, 0.05) is 17.8 Å². The highest BCUT2D eigenvalue weighted by Gasteiger charge is 2.07. The van der Waals surface area contributed by atoms with Crippen molar-refractivity contribution in [2.24, 2.45) is 0 Å². The van der Waals surface area contributed by atoms with Crippen LogP contribution in [0.2, 0.25) is 0 Å². The van der Waals surface area contributed by atoms with E-state index in [9.17, 15) is 19.3 Å². The Hall–Kier alpha value is -2.96. The summed E-state index contributed by atoms with van der Waals surface area (Å²) in [6.45, 7) is -0.283. The van der Waals surface area contributed by atoms with Gasteiger partial charge in [-0.2, -0.15) is 0 Å². The van der Waals surface area contributed by atoms with Crippen molar-refractivity contribution in [2.45, 2.75) is 0 Å². The summed E-state index contributed by atoms with van der Waals surface area (Å²) in [4.78, 5) is 21.6. The van der Waals surface area contributed by atoms with E-state index in [-0.39, 0.29) is 12.3 Å². The number of hydrogen-bond acceptors (Lipinski definition) is 4. The second-order valence-electron chi connectivity index (χ2n) is 4.10. The van der Waals surface area contributed by atoms with E-state index < -0.39 is 16.6 Å². The summed E-state index contributed by atoms with van der Waals surface area (Å²) in [5.74, 6) is -0.585. The molecule has 2 aromatic carbocycles. The van der Waals surface area contributed by atoms with Crippen LogP contribution in [0.5, 0.6) is 5.75 Å². The number of halogens is 1. The third kappa shape index (κ3) is 4.27. The summed E-state index contributed by atoms with van der Waals surface area (Å²) in [7, 11) is 0. The van der Waals surface area contributed by atoms with E-state index in [2.05, 4.69) is 5.32 Å². The zero-order chi connectivity index (χ0) is 15.2. The fraction of sp³-hybridized carbons (Fsp3) is 0.0714. The minimum Gasteiger partial charge on any atom is -0.484 e. The Morgan fingerprint density at radius 1 is 1.24 bits per heavy atom.